The van der Waals surface area contributed by atoms with Gasteiger partial charge in [-0.3, -0.25) is 15.1 Å². The number of hydrogen-bond acceptors (Lipinski definition) is 3. The van der Waals surface area contributed by atoms with Crippen molar-refractivity contribution >= 4 is 17.6 Å². The number of carbonyl (C=O) groups excluding carboxylic acids is 1. The average molecular weight is 376 g/mol. The minimum absolute atomic E-state index is 0.308. The van der Waals surface area contributed by atoms with Crippen LogP contribution in [0, 0.1) is 19.7 Å². The molecule has 0 spiro atoms. The van der Waals surface area contributed by atoms with Crippen molar-refractivity contribution in [1.82, 2.24) is 10.3 Å². The molecule has 6 heteroatoms. The van der Waals surface area contributed by atoms with Crippen molar-refractivity contribution in [3.8, 4) is 0 Å². The molecule has 1 aromatic heterocycles. The van der Waals surface area contributed by atoms with Crippen molar-refractivity contribution in [2.45, 2.75) is 20.4 Å². The number of aryl methyl sites for hydroxylation is 2. The van der Waals surface area contributed by atoms with E-state index in [0.717, 1.165) is 22.4 Å². The maximum atomic E-state index is 13.1. The van der Waals surface area contributed by atoms with Crippen LogP contribution in [-0.2, 0) is 6.54 Å². The van der Waals surface area contributed by atoms with E-state index in [1.54, 1.807) is 12.4 Å². The summed E-state index contributed by atoms with van der Waals surface area (Å²) in [5, 5.41) is 5.93. The zero-order valence-corrected chi connectivity index (χ0v) is 15.7. The molecule has 0 aliphatic rings. The molecular weight excluding hydrogens is 355 g/mol. The van der Waals surface area contributed by atoms with Gasteiger partial charge in [-0.25, -0.2) is 9.38 Å². The van der Waals surface area contributed by atoms with E-state index in [1.165, 1.54) is 24.3 Å². The van der Waals surface area contributed by atoms with Gasteiger partial charge in [0.1, 0.15) is 5.82 Å². The fraction of sp³-hybridized carbons (Fsp3) is 0.136. The van der Waals surface area contributed by atoms with Gasteiger partial charge in [0.25, 0.3) is 5.91 Å². The summed E-state index contributed by atoms with van der Waals surface area (Å²) in [5.41, 5.74) is 4.27. The molecule has 0 aliphatic carbocycles. The Morgan fingerprint density at radius 3 is 2.43 bits per heavy atom. The number of nitrogens with one attached hydrogen (secondary N) is 2. The molecule has 1 amide bonds. The molecule has 0 bridgehead atoms. The van der Waals surface area contributed by atoms with E-state index < -0.39 is 5.82 Å². The van der Waals surface area contributed by atoms with Crippen LogP contribution in [0.15, 0.2) is 72.0 Å². The van der Waals surface area contributed by atoms with Crippen molar-refractivity contribution < 1.29 is 9.18 Å². The lowest BCUT2D eigenvalue weighted by molar-refractivity contribution is 0.0977. The number of amides is 1. The molecule has 0 aliphatic heterocycles. The number of anilines is 1. The van der Waals surface area contributed by atoms with Crippen molar-refractivity contribution in [2.75, 3.05) is 5.32 Å². The Kier molecular flexibility index (Phi) is 6.11. The predicted molar refractivity (Wildman–Crippen MR) is 109 cm³/mol. The molecule has 0 unspecified atom stereocenters. The first-order valence-electron chi connectivity index (χ1n) is 8.85. The predicted octanol–water partition coefficient (Wildman–Crippen LogP) is 4.24. The minimum Gasteiger partial charge on any atom is -0.326 e. The molecule has 2 N–H and O–H groups in total. The van der Waals surface area contributed by atoms with Gasteiger partial charge < -0.3 is 5.32 Å². The first-order valence-corrected chi connectivity index (χ1v) is 8.85. The third-order valence-electron chi connectivity index (χ3n) is 3.97. The number of rotatable bonds is 4. The van der Waals surface area contributed by atoms with Crippen LogP contribution in [0.2, 0.25) is 0 Å². The minimum atomic E-state index is -0.393. The summed E-state index contributed by atoms with van der Waals surface area (Å²) in [7, 11) is 0. The molecule has 0 saturated heterocycles. The second-order valence-electron chi connectivity index (χ2n) is 6.49. The zero-order chi connectivity index (χ0) is 19.9. The smallest absolute Gasteiger partial charge is 0.257 e. The van der Waals surface area contributed by atoms with E-state index in [9.17, 15) is 9.18 Å². The highest BCUT2D eigenvalue weighted by atomic mass is 19.1. The van der Waals surface area contributed by atoms with E-state index in [-0.39, 0.29) is 5.91 Å². The maximum Gasteiger partial charge on any atom is 0.257 e. The van der Waals surface area contributed by atoms with Crippen LogP contribution in [0.1, 0.15) is 27.0 Å². The van der Waals surface area contributed by atoms with Crippen molar-refractivity contribution in [2.24, 2.45) is 4.99 Å². The summed E-state index contributed by atoms with van der Waals surface area (Å²) in [5.74, 6) is -0.458. The molecule has 28 heavy (non-hydrogen) atoms. The van der Waals surface area contributed by atoms with Crippen molar-refractivity contribution in [3.63, 3.8) is 0 Å². The SMILES string of the molecule is Cc1cc(C)cc(NC(=NCc2cccnc2)NC(=O)c2ccc(F)cc2)c1. The van der Waals surface area contributed by atoms with Gasteiger partial charge in [-0.15, -0.1) is 0 Å². The number of guanidine groups is 1. The molecule has 0 saturated carbocycles. The van der Waals surface area contributed by atoms with Gasteiger partial charge in [0.2, 0.25) is 5.96 Å². The summed E-state index contributed by atoms with van der Waals surface area (Å²) in [6.07, 6.45) is 3.41. The third-order valence-corrected chi connectivity index (χ3v) is 3.97. The highest BCUT2D eigenvalue weighted by Gasteiger charge is 2.10. The molecule has 5 nitrogen and oxygen atoms in total. The molecule has 1 heterocycles. The highest BCUT2D eigenvalue weighted by molar-refractivity contribution is 6.09. The fourth-order valence-electron chi connectivity index (χ4n) is 2.74. The standard InChI is InChI=1S/C22H21FN4O/c1-15-10-16(2)12-20(11-15)26-22(25-14-17-4-3-9-24-13-17)27-21(28)18-5-7-19(23)8-6-18/h3-13H,14H2,1-2H3,(H2,25,26,27,28). The lowest BCUT2D eigenvalue weighted by Crippen LogP contribution is -2.36. The lowest BCUT2D eigenvalue weighted by atomic mass is 10.1. The third kappa shape index (κ3) is 5.48. The van der Waals surface area contributed by atoms with Gasteiger partial charge in [-0.1, -0.05) is 12.1 Å². The second kappa shape index (κ2) is 8.90. The number of pyridine rings is 1. The Labute approximate surface area is 163 Å². The quantitative estimate of drug-likeness (QED) is 0.529. The van der Waals surface area contributed by atoms with Gasteiger partial charge in [0, 0.05) is 23.6 Å². The van der Waals surface area contributed by atoms with Crippen molar-refractivity contribution in [3.05, 3.63) is 95.1 Å². The Balaban J connectivity index is 1.82. The highest BCUT2D eigenvalue weighted by Crippen LogP contribution is 2.14. The van der Waals surface area contributed by atoms with Crippen LogP contribution < -0.4 is 10.6 Å². The molecular formula is C22H21FN4O. The van der Waals surface area contributed by atoms with Crippen LogP contribution in [0.3, 0.4) is 0 Å². The van der Waals surface area contributed by atoms with Crippen LogP contribution >= 0.6 is 0 Å². The summed E-state index contributed by atoms with van der Waals surface area (Å²) in [6.45, 7) is 4.36. The van der Waals surface area contributed by atoms with Gasteiger partial charge in [0.15, 0.2) is 0 Å². The Bertz CT molecular complexity index is 965. The lowest BCUT2D eigenvalue weighted by Gasteiger charge is -2.13. The Hall–Kier alpha value is -3.54. The van der Waals surface area contributed by atoms with E-state index in [0.29, 0.717) is 18.1 Å². The molecule has 0 atom stereocenters. The number of hydrogen-bond donors (Lipinski definition) is 2. The maximum absolute atomic E-state index is 13.1. The summed E-state index contributed by atoms with van der Waals surface area (Å²) >= 11 is 0. The molecule has 0 radical (unpaired) electrons. The zero-order valence-electron chi connectivity index (χ0n) is 15.7. The molecule has 2 aromatic carbocycles. The molecule has 142 valence electrons. The Morgan fingerprint density at radius 1 is 1.07 bits per heavy atom. The number of nitrogens with zero attached hydrogens (tertiary/aromatic N) is 2. The molecule has 0 fully saturated rings. The molecule has 3 aromatic rings. The van der Waals surface area contributed by atoms with E-state index in [1.807, 2.05) is 38.1 Å². The second-order valence-corrected chi connectivity index (χ2v) is 6.49. The fourth-order valence-corrected chi connectivity index (χ4v) is 2.74. The van der Waals surface area contributed by atoms with Crippen LogP contribution in [0.5, 0.6) is 0 Å². The van der Waals surface area contributed by atoms with Crippen LogP contribution in [0.25, 0.3) is 0 Å². The summed E-state index contributed by atoms with van der Waals surface area (Å²) in [4.78, 5) is 21.1. The Morgan fingerprint density at radius 2 is 1.79 bits per heavy atom. The van der Waals surface area contributed by atoms with Crippen LogP contribution in [-0.4, -0.2) is 16.9 Å². The van der Waals surface area contributed by atoms with E-state index in [4.69, 9.17) is 0 Å². The van der Waals surface area contributed by atoms with Gasteiger partial charge in [0.05, 0.1) is 6.54 Å². The first kappa shape index (κ1) is 19.2. The number of aromatic nitrogens is 1. The largest absolute Gasteiger partial charge is 0.326 e. The first-order chi connectivity index (χ1) is 13.5. The van der Waals surface area contributed by atoms with Crippen LogP contribution in [0.4, 0.5) is 10.1 Å². The number of carbonyl (C=O) groups is 1. The topological polar surface area (TPSA) is 66.4 Å². The monoisotopic (exact) mass is 376 g/mol. The average Bonchev–Trinajstić information content (AvgIpc) is 2.66. The number of halogens is 1. The van der Waals surface area contributed by atoms with Gasteiger partial charge in [-0.05, 0) is 73.0 Å². The van der Waals surface area contributed by atoms with E-state index in [2.05, 4.69) is 26.7 Å². The number of aliphatic imine (C=N–C) groups is 1. The number of benzene rings is 2. The molecule has 3 rings (SSSR count). The van der Waals surface area contributed by atoms with Gasteiger partial charge >= 0.3 is 0 Å². The summed E-state index contributed by atoms with van der Waals surface area (Å²) in [6, 6.07) is 15.1. The summed E-state index contributed by atoms with van der Waals surface area (Å²) < 4.78 is 13.1. The van der Waals surface area contributed by atoms with Gasteiger partial charge in [-0.2, -0.15) is 0 Å². The van der Waals surface area contributed by atoms with Crippen molar-refractivity contribution in [1.29, 1.82) is 0 Å². The van der Waals surface area contributed by atoms with E-state index >= 15 is 0 Å². The normalized spacial score (nSPS) is 11.2.